The van der Waals surface area contributed by atoms with Crippen molar-refractivity contribution in [1.82, 2.24) is 14.5 Å². The normalized spacial score (nSPS) is 21.9. The number of carbonyl (C=O) groups excluding carboxylic acids is 2. The summed E-state index contributed by atoms with van der Waals surface area (Å²) < 4.78 is 1.54. The lowest BCUT2D eigenvalue weighted by Gasteiger charge is -2.34. The summed E-state index contributed by atoms with van der Waals surface area (Å²) in [5, 5.41) is 3.00. The van der Waals surface area contributed by atoms with Crippen molar-refractivity contribution in [2.75, 3.05) is 11.9 Å². The molecule has 1 N–H and O–H groups in total. The topological polar surface area (TPSA) is 84.3 Å². The fourth-order valence-electron chi connectivity index (χ4n) is 4.97. The van der Waals surface area contributed by atoms with Gasteiger partial charge in [0.15, 0.2) is 0 Å². The molecule has 7 nitrogen and oxygen atoms in total. The Bertz CT molecular complexity index is 1240. The predicted octanol–water partition coefficient (Wildman–Crippen LogP) is 2.74. The molecule has 2 unspecified atom stereocenters. The molecule has 5 rings (SSSR count). The SMILES string of the molecule is CCn1ccc(C(=O)N2CCC3(C(=O)Nc4ccccc43)C2c2cccnc2)cc1=O. The van der Waals surface area contributed by atoms with Crippen LogP contribution < -0.4 is 10.9 Å². The number of anilines is 1. The van der Waals surface area contributed by atoms with Crippen LogP contribution in [0.5, 0.6) is 0 Å². The number of hydrogen-bond acceptors (Lipinski definition) is 4. The Kier molecular flexibility index (Phi) is 4.46. The lowest BCUT2D eigenvalue weighted by molar-refractivity contribution is -0.121. The average molecular weight is 414 g/mol. The molecule has 156 valence electrons. The van der Waals surface area contributed by atoms with E-state index in [1.807, 2.05) is 43.3 Å². The number of pyridine rings is 2. The lowest BCUT2D eigenvalue weighted by Crippen LogP contribution is -2.42. The smallest absolute Gasteiger partial charge is 0.254 e. The molecule has 2 aliphatic heterocycles. The van der Waals surface area contributed by atoms with Gasteiger partial charge < -0.3 is 14.8 Å². The number of carbonyl (C=O) groups is 2. The van der Waals surface area contributed by atoms with Crippen LogP contribution in [0.4, 0.5) is 5.69 Å². The van der Waals surface area contributed by atoms with Gasteiger partial charge in [0.25, 0.3) is 11.5 Å². The molecule has 2 aliphatic rings. The van der Waals surface area contributed by atoms with Crippen LogP contribution in [-0.2, 0) is 16.8 Å². The largest absolute Gasteiger partial charge is 0.330 e. The van der Waals surface area contributed by atoms with Crippen molar-refractivity contribution in [3.05, 3.63) is 94.2 Å². The number of nitrogens with one attached hydrogen (secondary N) is 1. The van der Waals surface area contributed by atoms with Crippen LogP contribution in [0.1, 0.15) is 40.9 Å². The number of fused-ring (bicyclic) bond motifs is 2. The lowest BCUT2D eigenvalue weighted by atomic mass is 9.73. The van der Waals surface area contributed by atoms with Crippen molar-refractivity contribution in [2.45, 2.75) is 31.3 Å². The zero-order valence-corrected chi connectivity index (χ0v) is 17.1. The van der Waals surface area contributed by atoms with E-state index in [1.165, 1.54) is 6.07 Å². The van der Waals surface area contributed by atoms with Gasteiger partial charge in [-0.25, -0.2) is 0 Å². The van der Waals surface area contributed by atoms with E-state index >= 15 is 0 Å². The number of benzene rings is 1. The molecule has 2 aromatic heterocycles. The van der Waals surface area contributed by atoms with Gasteiger partial charge in [0.05, 0.1) is 6.04 Å². The molecule has 1 spiro atoms. The van der Waals surface area contributed by atoms with E-state index in [9.17, 15) is 14.4 Å². The highest BCUT2D eigenvalue weighted by atomic mass is 16.2. The van der Waals surface area contributed by atoms with Crippen LogP contribution in [0.15, 0.2) is 71.9 Å². The number of aromatic nitrogens is 2. The van der Waals surface area contributed by atoms with Gasteiger partial charge in [-0.05, 0) is 42.7 Å². The molecule has 2 atom stereocenters. The number of rotatable bonds is 3. The van der Waals surface area contributed by atoms with E-state index in [0.29, 0.717) is 25.1 Å². The van der Waals surface area contributed by atoms with Gasteiger partial charge in [0.2, 0.25) is 5.91 Å². The van der Waals surface area contributed by atoms with Gasteiger partial charge in [-0.15, -0.1) is 0 Å². The summed E-state index contributed by atoms with van der Waals surface area (Å²) in [6.07, 6.45) is 5.51. The third kappa shape index (κ3) is 2.80. The van der Waals surface area contributed by atoms with E-state index in [1.54, 1.807) is 34.1 Å². The fraction of sp³-hybridized carbons (Fsp3) is 0.250. The maximum Gasteiger partial charge on any atom is 0.254 e. The summed E-state index contributed by atoms with van der Waals surface area (Å²) in [5.74, 6) is -0.373. The maximum absolute atomic E-state index is 13.6. The highest BCUT2D eigenvalue weighted by Crippen LogP contribution is 2.54. The molecular weight excluding hydrogens is 392 g/mol. The van der Waals surface area contributed by atoms with Crippen molar-refractivity contribution in [1.29, 1.82) is 0 Å². The average Bonchev–Trinajstić information content (AvgIpc) is 3.33. The van der Waals surface area contributed by atoms with Crippen LogP contribution in [0.3, 0.4) is 0 Å². The van der Waals surface area contributed by atoms with Crippen LogP contribution in [-0.4, -0.2) is 32.8 Å². The summed E-state index contributed by atoms with van der Waals surface area (Å²) in [4.78, 5) is 45.2. The molecule has 0 saturated carbocycles. The van der Waals surface area contributed by atoms with Crippen molar-refractivity contribution in [3.63, 3.8) is 0 Å². The Morgan fingerprint density at radius 2 is 2.03 bits per heavy atom. The van der Waals surface area contributed by atoms with Gasteiger partial charge in [-0.1, -0.05) is 24.3 Å². The molecule has 1 aromatic carbocycles. The first-order valence-corrected chi connectivity index (χ1v) is 10.4. The zero-order valence-electron chi connectivity index (χ0n) is 17.1. The molecule has 3 aromatic rings. The monoisotopic (exact) mass is 414 g/mol. The second kappa shape index (κ2) is 7.19. The minimum absolute atomic E-state index is 0.112. The third-order valence-electron chi connectivity index (χ3n) is 6.43. The van der Waals surface area contributed by atoms with Crippen molar-refractivity contribution >= 4 is 17.5 Å². The van der Waals surface area contributed by atoms with Crippen molar-refractivity contribution in [3.8, 4) is 0 Å². The Morgan fingerprint density at radius 3 is 2.77 bits per heavy atom. The van der Waals surface area contributed by atoms with Crippen LogP contribution in [0.2, 0.25) is 0 Å². The van der Waals surface area contributed by atoms with Gasteiger partial charge >= 0.3 is 0 Å². The Labute approximate surface area is 179 Å². The van der Waals surface area contributed by atoms with Gasteiger partial charge in [-0.2, -0.15) is 0 Å². The van der Waals surface area contributed by atoms with E-state index in [-0.39, 0.29) is 17.4 Å². The number of aryl methyl sites for hydroxylation is 1. The van der Waals surface area contributed by atoms with Crippen molar-refractivity contribution in [2.24, 2.45) is 0 Å². The first-order chi connectivity index (χ1) is 15.1. The Balaban J connectivity index is 1.64. The molecular formula is C24H22N4O3. The fourth-order valence-corrected chi connectivity index (χ4v) is 4.97. The molecule has 2 amide bonds. The molecule has 1 saturated heterocycles. The van der Waals surface area contributed by atoms with Crippen LogP contribution >= 0.6 is 0 Å². The summed E-state index contributed by atoms with van der Waals surface area (Å²) in [5.41, 5.74) is 1.68. The predicted molar refractivity (Wildman–Crippen MR) is 116 cm³/mol. The maximum atomic E-state index is 13.6. The summed E-state index contributed by atoms with van der Waals surface area (Å²) in [6, 6.07) is 13.9. The number of hydrogen-bond donors (Lipinski definition) is 1. The molecule has 31 heavy (non-hydrogen) atoms. The molecule has 4 heterocycles. The number of nitrogens with zero attached hydrogens (tertiary/aromatic N) is 3. The summed E-state index contributed by atoms with van der Waals surface area (Å²) >= 11 is 0. The number of amides is 2. The second-order valence-electron chi connectivity index (χ2n) is 7.95. The summed E-state index contributed by atoms with van der Waals surface area (Å²) in [6.45, 7) is 2.81. The highest BCUT2D eigenvalue weighted by molar-refractivity contribution is 6.08. The van der Waals surface area contributed by atoms with Gasteiger partial charge in [0.1, 0.15) is 5.41 Å². The minimum Gasteiger partial charge on any atom is -0.330 e. The third-order valence-corrected chi connectivity index (χ3v) is 6.43. The van der Waals surface area contributed by atoms with Crippen LogP contribution in [0, 0.1) is 0 Å². The van der Waals surface area contributed by atoms with E-state index in [0.717, 1.165) is 16.8 Å². The van der Waals surface area contributed by atoms with Gasteiger partial charge in [-0.3, -0.25) is 19.4 Å². The van der Waals surface area contributed by atoms with E-state index in [2.05, 4.69) is 10.3 Å². The second-order valence-corrected chi connectivity index (χ2v) is 7.95. The standard InChI is InChI=1S/C24H22N4O3/c1-2-27-12-9-16(14-20(27)29)22(30)28-13-10-24(21(28)17-6-5-11-25-15-17)18-7-3-4-8-19(18)26-23(24)31/h3-9,11-12,14-15,21H,2,10,13H2,1H3,(H,26,31). The first-order valence-electron chi connectivity index (χ1n) is 10.4. The molecule has 0 bridgehead atoms. The molecule has 1 fully saturated rings. The first kappa shape index (κ1) is 19.2. The Hall–Kier alpha value is -3.74. The number of para-hydroxylation sites is 1. The highest BCUT2D eigenvalue weighted by Gasteiger charge is 2.59. The Morgan fingerprint density at radius 1 is 1.19 bits per heavy atom. The van der Waals surface area contributed by atoms with Crippen molar-refractivity contribution < 1.29 is 9.59 Å². The molecule has 7 heteroatoms. The summed E-state index contributed by atoms with van der Waals surface area (Å²) in [7, 11) is 0. The molecule has 0 aliphatic carbocycles. The van der Waals surface area contributed by atoms with E-state index < -0.39 is 11.5 Å². The quantitative estimate of drug-likeness (QED) is 0.714. The van der Waals surface area contributed by atoms with Gasteiger partial charge in [0, 0.05) is 49.0 Å². The minimum atomic E-state index is -0.895. The number of likely N-dealkylation sites (tertiary alicyclic amines) is 1. The molecule has 0 radical (unpaired) electrons. The van der Waals surface area contributed by atoms with E-state index in [4.69, 9.17) is 0 Å². The van der Waals surface area contributed by atoms with Crippen LogP contribution in [0.25, 0.3) is 0 Å². The zero-order chi connectivity index (χ0) is 21.6.